The lowest BCUT2D eigenvalue weighted by molar-refractivity contribution is -0.140. The van der Waals surface area contributed by atoms with E-state index in [9.17, 15) is 18.0 Å². The van der Waals surface area contributed by atoms with Crippen molar-refractivity contribution in [3.05, 3.63) is 33.9 Å². The smallest absolute Gasteiger partial charge is 0.434 e. The molecular formula is C12H11F3N4O2S. The molecule has 0 spiro atoms. The Kier molecular flexibility index (Phi) is 4.59. The van der Waals surface area contributed by atoms with Gasteiger partial charge in [0.25, 0.3) is 5.91 Å². The normalized spacial score (nSPS) is 12.8. The van der Waals surface area contributed by atoms with Gasteiger partial charge in [0.05, 0.1) is 13.2 Å². The molecular weight excluding hydrogens is 321 g/mol. The Balaban J connectivity index is 2.05. The number of ether oxygens (including phenoxy) is 1. The minimum absolute atomic E-state index is 0.0280. The van der Waals surface area contributed by atoms with Crippen molar-refractivity contribution in [1.29, 1.82) is 0 Å². The summed E-state index contributed by atoms with van der Waals surface area (Å²) in [5, 5.41) is 10.9. The van der Waals surface area contributed by atoms with Crippen LogP contribution in [-0.4, -0.2) is 28.2 Å². The maximum atomic E-state index is 12.5. The Hall–Kier alpha value is -2.23. The van der Waals surface area contributed by atoms with Gasteiger partial charge in [-0.1, -0.05) is 0 Å². The Bertz CT molecular complexity index is 657. The lowest BCUT2D eigenvalue weighted by Gasteiger charge is -2.10. The molecule has 0 bridgehead atoms. The van der Waals surface area contributed by atoms with E-state index in [0.717, 1.165) is 16.7 Å². The van der Waals surface area contributed by atoms with Crippen molar-refractivity contribution < 1.29 is 22.7 Å². The molecule has 22 heavy (non-hydrogen) atoms. The van der Waals surface area contributed by atoms with E-state index in [2.05, 4.69) is 20.5 Å². The van der Waals surface area contributed by atoms with Crippen LogP contribution in [0.4, 0.5) is 13.2 Å². The fraction of sp³-hybridized carbons (Fsp3) is 0.333. The molecule has 2 rings (SSSR count). The molecule has 0 saturated heterocycles. The lowest BCUT2D eigenvalue weighted by Crippen LogP contribution is -2.27. The number of hydrogen-bond acceptors (Lipinski definition) is 6. The van der Waals surface area contributed by atoms with Crippen LogP contribution < -0.4 is 10.1 Å². The van der Waals surface area contributed by atoms with Crippen LogP contribution in [0.15, 0.2) is 17.5 Å². The second kappa shape index (κ2) is 6.26. The fourth-order valence-electron chi connectivity index (χ4n) is 1.50. The Labute approximate surface area is 127 Å². The zero-order valence-electron chi connectivity index (χ0n) is 11.5. The summed E-state index contributed by atoms with van der Waals surface area (Å²) >= 11 is 0.826. The molecule has 6 nitrogen and oxygen atoms in total. The maximum absolute atomic E-state index is 12.5. The second-order valence-corrected chi connectivity index (χ2v) is 5.11. The van der Waals surface area contributed by atoms with Gasteiger partial charge in [0.2, 0.25) is 5.88 Å². The van der Waals surface area contributed by atoms with E-state index >= 15 is 0 Å². The van der Waals surface area contributed by atoms with E-state index in [1.54, 1.807) is 0 Å². The molecule has 2 aromatic rings. The van der Waals surface area contributed by atoms with Crippen molar-refractivity contribution in [2.24, 2.45) is 0 Å². The second-order valence-electron chi connectivity index (χ2n) is 4.22. The highest BCUT2D eigenvalue weighted by Crippen LogP contribution is 2.31. The SMILES string of the molecule is COc1ccc(C(=O)NC(C)c2nc(C(F)(F)F)cs2)nn1. The first-order valence-corrected chi connectivity index (χ1v) is 6.90. The number of carbonyl (C=O) groups is 1. The zero-order chi connectivity index (χ0) is 16.3. The standard InChI is InChI=1S/C12H11F3N4O2S/c1-6(11-17-8(5-22-11)12(13,14)15)16-10(20)7-3-4-9(21-2)19-18-7/h3-6H,1-2H3,(H,16,20). The topological polar surface area (TPSA) is 77.0 Å². The molecule has 0 aliphatic carbocycles. The molecule has 0 fully saturated rings. The average Bonchev–Trinajstić information content (AvgIpc) is 2.97. The predicted molar refractivity (Wildman–Crippen MR) is 71.6 cm³/mol. The summed E-state index contributed by atoms with van der Waals surface area (Å²) in [4.78, 5) is 15.4. The molecule has 0 radical (unpaired) electrons. The number of aromatic nitrogens is 3. The van der Waals surface area contributed by atoms with Crippen molar-refractivity contribution in [2.75, 3.05) is 7.11 Å². The number of halogens is 3. The molecule has 1 atom stereocenters. The van der Waals surface area contributed by atoms with E-state index in [4.69, 9.17) is 4.74 Å². The Morgan fingerprint density at radius 1 is 1.36 bits per heavy atom. The highest BCUT2D eigenvalue weighted by atomic mass is 32.1. The van der Waals surface area contributed by atoms with Gasteiger partial charge < -0.3 is 10.1 Å². The summed E-state index contributed by atoms with van der Waals surface area (Å²) in [6.07, 6.45) is -4.50. The Morgan fingerprint density at radius 2 is 2.09 bits per heavy atom. The minimum Gasteiger partial charge on any atom is -0.480 e. The quantitative estimate of drug-likeness (QED) is 0.930. The van der Waals surface area contributed by atoms with Crippen LogP contribution in [0, 0.1) is 0 Å². The number of alkyl halides is 3. The maximum Gasteiger partial charge on any atom is 0.434 e. The van der Waals surface area contributed by atoms with Gasteiger partial charge in [-0.15, -0.1) is 21.5 Å². The number of amides is 1. The molecule has 0 aromatic carbocycles. The van der Waals surface area contributed by atoms with E-state index in [0.29, 0.717) is 0 Å². The third-order valence-corrected chi connectivity index (χ3v) is 3.64. The molecule has 1 N–H and O–H groups in total. The van der Waals surface area contributed by atoms with Crippen molar-refractivity contribution in [2.45, 2.75) is 19.1 Å². The number of hydrogen-bond donors (Lipinski definition) is 1. The lowest BCUT2D eigenvalue weighted by atomic mass is 10.3. The average molecular weight is 332 g/mol. The van der Waals surface area contributed by atoms with Gasteiger partial charge in [-0.3, -0.25) is 4.79 Å². The first-order chi connectivity index (χ1) is 10.3. The van der Waals surface area contributed by atoms with Gasteiger partial charge in [-0.25, -0.2) is 4.98 Å². The number of nitrogens with zero attached hydrogens (tertiary/aromatic N) is 3. The first-order valence-electron chi connectivity index (χ1n) is 6.02. The van der Waals surface area contributed by atoms with Gasteiger partial charge in [0.1, 0.15) is 5.01 Å². The van der Waals surface area contributed by atoms with Gasteiger partial charge in [-0.2, -0.15) is 13.2 Å². The Morgan fingerprint density at radius 3 is 2.59 bits per heavy atom. The van der Waals surface area contributed by atoms with Crippen LogP contribution in [0.25, 0.3) is 0 Å². The van der Waals surface area contributed by atoms with E-state index in [1.165, 1.54) is 26.2 Å². The van der Waals surface area contributed by atoms with Gasteiger partial charge in [0.15, 0.2) is 11.4 Å². The summed E-state index contributed by atoms with van der Waals surface area (Å²) in [6.45, 7) is 1.54. The number of thiazole rings is 1. The summed E-state index contributed by atoms with van der Waals surface area (Å²) in [5.41, 5.74) is -0.946. The molecule has 1 amide bonds. The monoisotopic (exact) mass is 332 g/mol. The van der Waals surface area contributed by atoms with Crippen molar-refractivity contribution in [1.82, 2.24) is 20.5 Å². The molecule has 1 unspecified atom stereocenters. The van der Waals surface area contributed by atoms with Crippen LogP contribution in [-0.2, 0) is 6.18 Å². The minimum atomic E-state index is -4.50. The van der Waals surface area contributed by atoms with Crippen LogP contribution in [0.3, 0.4) is 0 Å². The number of carbonyl (C=O) groups excluding carboxylic acids is 1. The van der Waals surface area contributed by atoms with Crippen LogP contribution in [0.2, 0.25) is 0 Å². The summed E-state index contributed by atoms with van der Waals surface area (Å²) in [5.74, 6) is -0.314. The van der Waals surface area contributed by atoms with Crippen LogP contribution >= 0.6 is 11.3 Å². The first kappa shape index (κ1) is 16.1. The number of nitrogens with one attached hydrogen (secondary N) is 1. The van der Waals surface area contributed by atoms with Gasteiger partial charge >= 0.3 is 6.18 Å². The molecule has 0 saturated carbocycles. The highest BCUT2D eigenvalue weighted by Gasteiger charge is 2.34. The van der Waals surface area contributed by atoms with Crippen LogP contribution in [0.1, 0.15) is 34.2 Å². The van der Waals surface area contributed by atoms with Crippen molar-refractivity contribution in [3.8, 4) is 5.88 Å². The summed E-state index contributed by atoms with van der Waals surface area (Å²) in [7, 11) is 1.41. The van der Waals surface area contributed by atoms with Crippen molar-refractivity contribution in [3.63, 3.8) is 0 Å². The third-order valence-electron chi connectivity index (χ3n) is 2.61. The molecule has 10 heteroatoms. The van der Waals surface area contributed by atoms with Crippen molar-refractivity contribution >= 4 is 17.2 Å². The molecule has 0 aliphatic rings. The van der Waals surface area contributed by atoms with Gasteiger partial charge in [-0.05, 0) is 13.0 Å². The molecule has 2 aromatic heterocycles. The molecule has 118 valence electrons. The fourth-order valence-corrected chi connectivity index (χ4v) is 2.33. The third kappa shape index (κ3) is 3.70. The van der Waals surface area contributed by atoms with E-state index in [-0.39, 0.29) is 16.6 Å². The predicted octanol–water partition coefficient (Wildman–Crippen LogP) is 2.45. The van der Waals surface area contributed by atoms with E-state index < -0.39 is 23.8 Å². The largest absolute Gasteiger partial charge is 0.480 e. The summed E-state index contributed by atoms with van der Waals surface area (Å²) < 4.78 is 42.3. The summed E-state index contributed by atoms with van der Waals surface area (Å²) in [6, 6.07) is 2.17. The molecule has 0 aliphatic heterocycles. The highest BCUT2D eigenvalue weighted by molar-refractivity contribution is 7.09. The van der Waals surface area contributed by atoms with E-state index in [1.807, 2.05) is 0 Å². The molecule has 2 heterocycles. The number of methoxy groups -OCH3 is 1. The zero-order valence-corrected chi connectivity index (χ0v) is 12.3. The number of rotatable bonds is 4. The van der Waals surface area contributed by atoms with Crippen LogP contribution in [0.5, 0.6) is 5.88 Å². The van der Waals surface area contributed by atoms with Gasteiger partial charge in [0, 0.05) is 11.4 Å².